The van der Waals surface area contributed by atoms with Gasteiger partial charge in [0.25, 0.3) is 0 Å². The van der Waals surface area contributed by atoms with E-state index in [-0.39, 0.29) is 5.82 Å². The van der Waals surface area contributed by atoms with Gasteiger partial charge in [0.15, 0.2) is 0 Å². The van der Waals surface area contributed by atoms with Gasteiger partial charge in [0.1, 0.15) is 11.6 Å². The highest BCUT2D eigenvalue weighted by Crippen LogP contribution is 2.30. The first-order valence-corrected chi connectivity index (χ1v) is 5.90. The van der Waals surface area contributed by atoms with E-state index in [1.807, 2.05) is 30.3 Å². The minimum Gasteiger partial charge on any atom is -0.398 e. The lowest BCUT2D eigenvalue weighted by atomic mass is 10.1. The summed E-state index contributed by atoms with van der Waals surface area (Å²) in [6, 6.07) is 14.1. The Balaban J connectivity index is 2.17. The number of para-hydroxylation sites is 1. The van der Waals surface area contributed by atoms with Gasteiger partial charge < -0.3 is 11.1 Å². The maximum atomic E-state index is 13.8. The SMILES string of the molecule is Nc1ccc(F)c2ccnc(Nc3ccccc3)c12. The number of fused-ring (bicyclic) bond motifs is 1. The molecule has 0 fully saturated rings. The average molecular weight is 253 g/mol. The van der Waals surface area contributed by atoms with Gasteiger partial charge in [-0.2, -0.15) is 0 Å². The second-order valence-corrected chi connectivity index (χ2v) is 4.21. The number of hydrogen-bond acceptors (Lipinski definition) is 3. The molecule has 4 heteroatoms. The molecule has 0 saturated heterocycles. The fourth-order valence-corrected chi connectivity index (χ4v) is 2.04. The van der Waals surface area contributed by atoms with Gasteiger partial charge in [-0.15, -0.1) is 0 Å². The summed E-state index contributed by atoms with van der Waals surface area (Å²) in [6.07, 6.45) is 1.57. The molecule has 0 spiro atoms. The smallest absolute Gasteiger partial charge is 0.140 e. The normalized spacial score (nSPS) is 10.6. The lowest BCUT2D eigenvalue weighted by Crippen LogP contribution is -1.98. The van der Waals surface area contributed by atoms with Crippen LogP contribution in [0.1, 0.15) is 0 Å². The fraction of sp³-hybridized carbons (Fsp3) is 0. The number of benzene rings is 2. The lowest BCUT2D eigenvalue weighted by molar-refractivity contribution is 0.640. The van der Waals surface area contributed by atoms with E-state index >= 15 is 0 Å². The zero-order valence-corrected chi connectivity index (χ0v) is 10.1. The van der Waals surface area contributed by atoms with Crippen molar-refractivity contribution >= 4 is 28.0 Å². The topological polar surface area (TPSA) is 50.9 Å². The number of nitrogen functional groups attached to an aromatic ring is 1. The second-order valence-electron chi connectivity index (χ2n) is 4.21. The van der Waals surface area contributed by atoms with Gasteiger partial charge in [0.05, 0.1) is 5.39 Å². The second kappa shape index (κ2) is 4.57. The van der Waals surface area contributed by atoms with Crippen LogP contribution in [0.3, 0.4) is 0 Å². The van der Waals surface area contributed by atoms with Crippen molar-refractivity contribution < 1.29 is 4.39 Å². The van der Waals surface area contributed by atoms with E-state index in [1.54, 1.807) is 18.3 Å². The number of halogens is 1. The molecule has 0 aliphatic rings. The molecular weight excluding hydrogens is 241 g/mol. The number of nitrogens with one attached hydrogen (secondary N) is 1. The third-order valence-electron chi connectivity index (χ3n) is 2.94. The number of rotatable bonds is 2. The van der Waals surface area contributed by atoms with Crippen LogP contribution in [-0.4, -0.2) is 4.98 Å². The quantitative estimate of drug-likeness (QED) is 0.685. The molecule has 1 heterocycles. The Morgan fingerprint density at radius 3 is 2.58 bits per heavy atom. The molecule has 0 aliphatic heterocycles. The van der Waals surface area contributed by atoms with Gasteiger partial charge in [0.2, 0.25) is 0 Å². The van der Waals surface area contributed by atoms with Gasteiger partial charge in [-0.25, -0.2) is 9.37 Å². The van der Waals surface area contributed by atoms with Crippen molar-refractivity contribution in [2.45, 2.75) is 0 Å². The Morgan fingerprint density at radius 2 is 1.79 bits per heavy atom. The Bertz CT molecular complexity index is 726. The van der Waals surface area contributed by atoms with Crippen LogP contribution < -0.4 is 11.1 Å². The van der Waals surface area contributed by atoms with Gasteiger partial charge >= 0.3 is 0 Å². The average Bonchev–Trinajstić information content (AvgIpc) is 2.44. The number of nitrogens with two attached hydrogens (primary N) is 1. The third-order valence-corrected chi connectivity index (χ3v) is 2.94. The van der Waals surface area contributed by atoms with Gasteiger partial charge in [-0.05, 0) is 30.3 Å². The largest absolute Gasteiger partial charge is 0.398 e. The Morgan fingerprint density at radius 1 is 1.00 bits per heavy atom. The molecule has 0 radical (unpaired) electrons. The summed E-state index contributed by atoms with van der Waals surface area (Å²) in [5.41, 5.74) is 7.32. The zero-order chi connectivity index (χ0) is 13.2. The van der Waals surface area contributed by atoms with Crippen molar-refractivity contribution in [3.8, 4) is 0 Å². The van der Waals surface area contributed by atoms with E-state index in [4.69, 9.17) is 5.73 Å². The molecule has 94 valence electrons. The highest BCUT2D eigenvalue weighted by molar-refractivity contribution is 6.01. The van der Waals surface area contributed by atoms with Crippen molar-refractivity contribution in [3.05, 3.63) is 60.5 Å². The minimum absolute atomic E-state index is 0.303. The summed E-state index contributed by atoms with van der Waals surface area (Å²) >= 11 is 0. The number of hydrogen-bond donors (Lipinski definition) is 2. The van der Waals surface area contributed by atoms with Crippen molar-refractivity contribution in [2.24, 2.45) is 0 Å². The minimum atomic E-state index is -0.303. The molecule has 3 aromatic rings. The van der Waals surface area contributed by atoms with Crippen LogP contribution in [0.15, 0.2) is 54.7 Å². The fourth-order valence-electron chi connectivity index (χ4n) is 2.04. The van der Waals surface area contributed by atoms with E-state index in [0.717, 1.165) is 5.69 Å². The molecule has 0 unspecified atom stereocenters. The third kappa shape index (κ3) is 2.08. The Hall–Kier alpha value is -2.62. The van der Waals surface area contributed by atoms with Crippen molar-refractivity contribution in [3.63, 3.8) is 0 Å². The van der Waals surface area contributed by atoms with Crippen LogP contribution in [0.2, 0.25) is 0 Å². The maximum Gasteiger partial charge on any atom is 0.140 e. The summed E-state index contributed by atoms with van der Waals surface area (Å²) in [6.45, 7) is 0. The van der Waals surface area contributed by atoms with Crippen LogP contribution in [0.25, 0.3) is 10.8 Å². The summed E-state index contributed by atoms with van der Waals surface area (Å²) in [5.74, 6) is 0.253. The summed E-state index contributed by atoms with van der Waals surface area (Å²) in [7, 11) is 0. The number of pyridine rings is 1. The molecule has 0 atom stereocenters. The Labute approximate surface area is 109 Å². The predicted octanol–water partition coefficient (Wildman–Crippen LogP) is 3.70. The number of aromatic nitrogens is 1. The predicted molar refractivity (Wildman–Crippen MR) is 75.8 cm³/mol. The number of anilines is 3. The van der Waals surface area contributed by atoms with Crippen LogP contribution in [0.4, 0.5) is 21.6 Å². The molecular formula is C15H12FN3. The summed E-state index contributed by atoms with van der Waals surface area (Å²) in [4.78, 5) is 4.25. The first kappa shape index (κ1) is 11.5. The van der Waals surface area contributed by atoms with Gasteiger partial charge in [-0.3, -0.25) is 0 Å². The molecule has 0 amide bonds. The molecule has 0 saturated carbocycles. The summed E-state index contributed by atoms with van der Waals surface area (Å²) in [5, 5.41) is 4.23. The summed E-state index contributed by atoms with van der Waals surface area (Å²) < 4.78 is 13.8. The molecule has 0 bridgehead atoms. The van der Waals surface area contributed by atoms with Crippen molar-refractivity contribution in [1.82, 2.24) is 4.98 Å². The molecule has 3 nitrogen and oxygen atoms in total. The standard InChI is InChI=1S/C15H12FN3/c16-12-6-7-13(17)14-11(12)8-9-18-15(14)19-10-4-2-1-3-5-10/h1-9H,17H2,(H,18,19). The first-order valence-electron chi connectivity index (χ1n) is 5.90. The van der Waals surface area contributed by atoms with E-state index in [9.17, 15) is 4.39 Å². The monoisotopic (exact) mass is 253 g/mol. The van der Waals surface area contributed by atoms with Crippen LogP contribution in [0, 0.1) is 5.82 Å². The van der Waals surface area contributed by atoms with Crippen LogP contribution in [-0.2, 0) is 0 Å². The highest BCUT2D eigenvalue weighted by atomic mass is 19.1. The van der Waals surface area contributed by atoms with Gasteiger partial charge in [-0.1, -0.05) is 18.2 Å². The Kier molecular flexibility index (Phi) is 2.76. The molecule has 3 rings (SSSR count). The van der Waals surface area contributed by atoms with Crippen molar-refractivity contribution in [1.29, 1.82) is 0 Å². The molecule has 19 heavy (non-hydrogen) atoms. The van der Waals surface area contributed by atoms with E-state index in [2.05, 4.69) is 10.3 Å². The van der Waals surface area contributed by atoms with Crippen LogP contribution in [0.5, 0.6) is 0 Å². The highest BCUT2D eigenvalue weighted by Gasteiger charge is 2.09. The lowest BCUT2D eigenvalue weighted by Gasteiger charge is -2.10. The van der Waals surface area contributed by atoms with E-state index < -0.39 is 0 Å². The van der Waals surface area contributed by atoms with Gasteiger partial charge in [0, 0.05) is 23.0 Å². The number of nitrogens with zero attached hydrogens (tertiary/aromatic N) is 1. The molecule has 0 aliphatic carbocycles. The maximum absolute atomic E-state index is 13.8. The molecule has 3 N–H and O–H groups in total. The molecule has 1 aromatic heterocycles. The first-order chi connectivity index (χ1) is 9.25. The van der Waals surface area contributed by atoms with Crippen LogP contribution >= 0.6 is 0 Å². The van der Waals surface area contributed by atoms with Crippen molar-refractivity contribution in [2.75, 3.05) is 11.1 Å². The van der Waals surface area contributed by atoms with E-state index in [0.29, 0.717) is 22.3 Å². The van der Waals surface area contributed by atoms with E-state index in [1.165, 1.54) is 6.07 Å². The zero-order valence-electron chi connectivity index (χ0n) is 10.1. The molecule has 2 aromatic carbocycles.